The predicted octanol–water partition coefficient (Wildman–Crippen LogP) is 1.84. The van der Waals surface area contributed by atoms with Gasteiger partial charge in [-0.25, -0.2) is 13.1 Å². The van der Waals surface area contributed by atoms with Crippen LogP contribution in [0.25, 0.3) is 11.0 Å². The molecule has 2 heterocycles. The maximum absolute atomic E-state index is 12.1. The second-order valence-corrected chi connectivity index (χ2v) is 6.37. The fourth-order valence-corrected chi connectivity index (χ4v) is 3.02. The highest BCUT2D eigenvalue weighted by Gasteiger charge is 2.17. The number of pyridine rings is 1. The molecule has 0 aliphatic heterocycles. The lowest BCUT2D eigenvalue weighted by atomic mass is 10.2. The molecule has 108 valence electrons. The molecular formula is C14H13N3O3S. The SMILES string of the molecule is O=S(=O)(Cc1noc2ccccc12)NCc1ccncc1. The molecule has 0 aliphatic carbocycles. The van der Waals surface area contributed by atoms with E-state index in [4.69, 9.17) is 4.52 Å². The van der Waals surface area contributed by atoms with Crippen LogP contribution in [0.3, 0.4) is 0 Å². The van der Waals surface area contributed by atoms with E-state index in [1.807, 2.05) is 12.1 Å². The van der Waals surface area contributed by atoms with E-state index in [1.165, 1.54) is 0 Å². The first-order valence-corrected chi connectivity index (χ1v) is 7.99. The third kappa shape index (κ3) is 3.26. The zero-order chi connectivity index (χ0) is 14.7. The van der Waals surface area contributed by atoms with Crippen molar-refractivity contribution in [3.8, 4) is 0 Å². The Bertz CT molecular complexity index is 844. The van der Waals surface area contributed by atoms with Gasteiger partial charge in [0.1, 0.15) is 11.4 Å². The fraction of sp³-hybridized carbons (Fsp3) is 0.143. The van der Waals surface area contributed by atoms with Crippen LogP contribution in [0, 0.1) is 0 Å². The lowest BCUT2D eigenvalue weighted by molar-refractivity contribution is 0.448. The molecular weight excluding hydrogens is 290 g/mol. The second-order valence-electron chi connectivity index (χ2n) is 4.56. The molecule has 0 saturated carbocycles. The van der Waals surface area contributed by atoms with Gasteiger partial charge in [-0.05, 0) is 29.8 Å². The minimum atomic E-state index is -3.49. The first-order chi connectivity index (χ1) is 10.1. The first kappa shape index (κ1) is 13.7. The molecule has 0 radical (unpaired) electrons. The van der Waals surface area contributed by atoms with E-state index in [-0.39, 0.29) is 12.3 Å². The summed E-state index contributed by atoms with van der Waals surface area (Å²) in [5.41, 5.74) is 1.84. The molecule has 2 aromatic heterocycles. The van der Waals surface area contributed by atoms with Gasteiger partial charge in [-0.2, -0.15) is 0 Å². The highest BCUT2D eigenvalue weighted by Crippen LogP contribution is 2.19. The second kappa shape index (κ2) is 5.63. The molecule has 0 amide bonds. The highest BCUT2D eigenvalue weighted by molar-refractivity contribution is 7.88. The summed E-state index contributed by atoms with van der Waals surface area (Å²) in [6.07, 6.45) is 3.24. The number of para-hydroxylation sites is 1. The van der Waals surface area contributed by atoms with Crippen molar-refractivity contribution < 1.29 is 12.9 Å². The van der Waals surface area contributed by atoms with E-state index in [0.717, 1.165) is 5.56 Å². The molecule has 7 heteroatoms. The summed E-state index contributed by atoms with van der Waals surface area (Å²) in [6.45, 7) is 0.223. The summed E-state index contributed by atoms with van der Waals surface area (Å²) >= 11 is 0. The Kier molecular flexibility index (Phi) is 3.68. The smallest absolute Gasteiger partial charge is 0.217 e. The third-order valence-electron chi connectivity index (χ3n) is 3.02. The molecule has 0 unspecified atom stereocenters. The summed E-state index contributed by atoms with van der Waals surface area (Å²) < 4.78 is 31.9. The Morgan fingerprint density at radius 1 is 1.10 bits per heavy atom. The van der Waals surface area contributed by atoms with Gasteiger partial charge < -0.3 is 4.52 Å². The number of sulfonamides is 1. The number of hydrogen-bond acceptors (Lipinski definition) is 5. The molecule has 1 aromatic carbocycles. The molecule has 1 N–H and O–H groups in total. The van der Waals surface area contributed by atoms with Crippen LogP contribution in [0.15, 0.2) is 53.3 Å². The van der Waals surface area contributed by atoms with Crippen LogP contribution >= 0.6 is 0 Å². The zero-order valence-electron chi connectivity index (χ0n) is 11.1. The molecule has 0 bridgehead atoms. The Balaban J connectivity index is 1.74. The molecule has 0 fully saturated rings. The van der Waals surface area contributed by atoms with E-state index >= 15 is 0 Å². The average Bonchev–Trinajstić information content (AvgIpc) is 2.89. The minimum Gasteiger partial charge on any atom is -0.356 e. The van der Waals surface area contributed by atoms with E-state index in [9.17, 15) is 8.42 Å². The number of aromatic nitrogens is 2. The van der Waals surface area contributed by atoms with Gasteiger partial charge in [0.05, 0.1) is 0 Å². The lowest BCUT2D eigenvalue weighted by Crippen LogP contribution is -2.24. The van der Waals surface area contributed by atoms with Crippen LogP contribution in [-0.4, -0.2) is 18.6 Å². The van der Waals surface area contributed by atoms with E-state index in [1.54, 1.807) is 36.7 Å². The summed E-state index contributed by atoms with van der Waals surface area (Å²) in [5, 5.41) is 4.55. The van der Waals surface area contributed by atoms with Crippen molar-refractivity contribution >= 4 is 21.0 Å². The molecule has 0 atom stereocenters. The standard InChI is InChI=1S/C14H13N3O3S/c18-21(19,16-9-11-5-7-15-8-6-11)10-13-12-3-1-2-4-14(12)20-17-13/h1-8,16H,9-10H2. The number of benzene rings is 1. The van der Waals surface area contributed by atoms with Crippen molar-refractivity contribution in [3.05, 3.63) is 60.0 Å². The number of hydrogen-bond donors (Lipinski definition) is 1. The van der Waals surface area contributed by atoms with Crippen LogP contribution in [-0.2, 0) is 22.3 Å². The first-order valence-electron chi connectivity index (χ1n) is 6.33. The van der Waals surface area contributed by atoms with Crippen molar-refractivity contribution in [2.24, 2.45) is 0 Å². The predicted molar refractivity (Wildman–Crippen MR) is 77.7 cm³/mol. The summed E-state index contributed by atoms with van der Waals surface area (Å²) in [4.78, 5) is 3.89. The van der Waals surface area contributed by atoms with Crippen LogP contribution < -0.4 is 4.72 Å². The molecule has 0 saturated heterocycles. The minimum absolute atomic E-state index is 0.213. The van der Waals surface area contributed by atoms with Gasteiger partial charge in [0.15, 0.2) is 5.58 Å². The van der Waals surface area contributed by atoms with Crippen molar-refractivity contribution in [1.82, 2.24) is 14.9 Å². The van der Waals surface area contributed by atoms with Gasteiger partial charge in [0, 0.05) is 24.3 Å². The quantitative estimate of drug-likeness (QED) is 0.777. The van der Waals surface area contributed by atoms with E-state index < -0.39 is 10.0 Å². The Morgan fingerprint density at radius 3 is 2.67 bits per heavy atom. The van der Waals surface area contributed by atoms with Gasteiger partial charge >= 0.3 is 0 Å². The van der Waals surface area contributed by atoms with Crippen LogP contribution in [0.5, 0.6) is 0 Å². The summed E-state index contributed by atoms with van der Waals surface area (Å²) in [7, 11) is -3.49. The molecule has 6 nitrogen and oxygen atoms in total. The maximum atomic E-state index is 12.1. The number of fused-ring (bicyclic) bond motifs is 1. The van der Waals surface area contributed by atoms with Crippen molar-refractivity contribution in [2.45, 2.75) is 12.3 Å². The largest absolute Gasteiger partial charge is 0.356 e. The van der Waals surface area contributed by atoms with Crippen molar-refractivity contribution in [2.75, 3.05) is 0 Å². The fourth-order valence-electron chi connectivity index (χ4n) is 1.97. The Labute approximate surface area is 121 Å². The van der Waals surface area contributed by atoms with Gasteiger partial charge in [-0.15, -0.1) is 0 Å². The van der Waals surface area contributed by atoms with Crippen molar-refractivity contribution in [1.29, 1.82) is 0 Å². The summed E-state index contributed by atoms with van der Waals surface area (Å²) in [6, 6.07) is 10.7. The lowest BCUT2D eigenvalue weighted by Gasteiger charge is -2.05. The number of nitrogens with zero attached hydrogens (tertiary/aromatic N) is 2. The van der Waals surface area contributed by atoms with Gasteiger partial charge in [-0.1, -0.05) is 17.3 Å². The Hall–Kier alpha value is -2.25. The molecule has 21 heavy (non-hydrogen) atoms. The van der Waals surface area contributed by atoms with Crippen molar-refractivity contribution in [3.63, 3.8) is 0 Å². The zero-order valence-corrected chi connectivity index (χ0v) is 11.9. The Morgan fingerprint density at radius 2 is 1.86 bits per heavy atom. The number of rotatable bonds is 5. The molecule has 0 aliphatic rings. The van der Waals surface area contributed by atoms with Crippen LogP contribution in [0.1, 0.15) is 11.3 Å². The number of nitrogens with one attached hydrogen (secondary N) is 1. The molecule has 3 rings (SSSR count). The third-order valence-corrected chi connectivity index (χ3v) is 4.26. The monoisotopic (exact) mass is 303 g/mol. The highest BCUT2D eigenvalue weighted by atomic mass is 32.2. The molecule has 3 aromatic rings. The normalized spacial score (nSPS) is 11.8. The summed E-state index contributed by atoms with van der Waals surface area (Å²) in [5.74, 6) is -0.213. The van der Waals surface area contributed by atoms with Crippen LogP contribution in [0.2, 0.25) is 0 Å². The average molecular weight is 303 g/mol. The molecule has 0 spiro atoms. The van der Waals surface area contributed by atoms with Gasteiger partial charge in [0.2, 0.25) is 10.0 Å². The van der Waals surface area contributed by atoms with Gasteiger partial charge in [-0.3, -0.25) is 4.98 Å². The van der Waals surface area contributed by atoms with E-state index in [0.29, 0.717) is 16.7 Å². The maximum Gasteiger partial charge on any atom is 0.217 e. The van der Waals surface area contributed by atoms with Crippen LogP contribution in [0.4, 0.5) is 0 Å². The van der Waals surface area contributed by atoms with E-state index in [2.05, 4.69) is 14.9 Å². The topological polar surface area (TPSA) is 85.1 Å². The van der Waals surface area contributed by atoms with Gasteiger partial charge in [0.25, 0.3) is 0 Å².